The maximum absolute atomic E-state index is 12.7. The van der Waals surface area contributed by atoms with Gasteiger partial charge in [-0.05, 0) is 49.6 Å². The Morgan fingerprint density at radius 2 is 1.75 bits per heavy atom. The quantitative estimate of drug-likeness (QED) is 0.445. The summed E-state index contributed by atoms with van der Waals surface area (Å²) in [6, 6.07) is 14.6. The van der Waals surface area contributed by atoms with Crippen LogP contribution in [0.25, 0.3) is 0 Å². The number of aryl methyl sites for hydroxylation is 2. The molecule has 170 valence electrons. The van der Waals surface area contributed by atoms with Crippen molar-refractivity contribution in [3.63, 3.8) is 0 Å². The first-order valence-corrected chi connectivity index (χ1v) is 13.1. The summed E-state index contributed by atoms with van der Waals surface area (Å²) in [6.07, 6.45) is 3.33. The van der Waals surface area contributed by atoms with E-state index in [0.29, 0.717) is 11.0 Å². The van der Waals surface area contributed by atoms with Gasteiger partial charge in [-0.2, -0.15) is 0 Å². The number of sulfone groups is 1. The molecule has 9 heteroatoms. The van der Waals surface area contributed by atoms with Crippen LogP contribution in [0.15, 0.2) is 58.6 Å². The van der Waals surface area contributed by atoms with Gasteiger partial charge in [0.1, 0.15) is 11.6 Å². The Balaban J connectivity index is 1.56. The predicted molar refractivity (Wildman–Crippen MR) is 127 cm³/mol. The molecule has 0 fully saturated rings. The van der Waals surface area contributed by atoms with Crippen LogP contribution in [0.5, 0.6) is 0 Å². The van der Waals surface area contributed by atoms with Gasteiger partial charge < -0.3 is 9.88 Å². The van der Waals surface area contributed by atoms with E-state index in [4.69, 9.17) is 0 Å². The molecule has 1 N–H and O–H groups in total. The lowest BCUT2D eigenvalue weighted by atomic mass is 10.1. The molecule has 1 aromatic heterocycles. The molecule has 0 aliphatic rings. The van der Waals surface area contributed by atoms with Gasteiger partial charge in [0.05, 0.1) is 10.6 Å². The Bertz CT molecular complexity index is 1150. The van der Waals surface area contributed by atoms with Crippen LogP contribution in [-0.4, -0.2) is 34.8 Å². The minimum atomic E-state index is -3.53. The van der Waals surface area contributed by atoms with Gasteiger partial charge in [-0.1, -0.05) is 54.9 Å². The van der Waals surface area contributed by atoms with Crippen LogP contribution in [-0.2, 0) is 33.9 Å². The lowest BCUT2D eigenvalue weighted by molar-refractivity contribution is -0.113. The molecule has 32 heavy (non-hydrogen) atoms. The predicted octanol–water partition coefficient (Wildman–Crippen LogP) is 4.17. The highest BCUT2D eigenvalue weighted by Crippen LogP contribution is 2.20. The maximum atomic E-state index is 12.7. The smallest absolute Gasteiger partial charge is 0.234 e. The SMILES string of the molecule is CCCCc1ccc(NC(=O)CSc2nnc(CS(=O)(=O)c3ccc(C)cc3)n2C)cc1. The van der Waals surface area contributed by atoms with Crippen LogP contribution in [0.4, 0.5) is 5.69 Å². The molecule has 0 spiro atoms. The van der Waals surface area contributed by atoms with E-state index < -0.39 is 9.84 Å². The zero-order valence-corrected chi connectivity index (χ0v) is 20.2. The summed E-state index contributed by atoms with van der Waals surface area (Å²) in [4.78, 5) is 12.6. The fourth-order valence-electron chi connectivity index (χ4n) is 3.06. The molecular weight excluding hydrogens is 444 g/mol. The molecular formula is C23H28N4O3S2. The number of benzene rings is 2. The van der Waals surface area contributed by atoms with Crippen molar-refractivity contribution in [1.29, 1.82) is 0 Å². The second-order valence-corrected chi connectivity index (χ2v) is 10.6. The Kier molecular flexibility index (Phi) is 8.09. The third kappa shape index (κ3) is 6.43. The van der Waals surface area contributed by atoms with E-state index in [2.05, 4.69) is 22.4 Å². The standard InChI is InChI=1S/C23H28N4O3S2/c1-4-5-6-18-9-11-19(12-10-18)24-22(28)15-31-23-26-25-21(27(23)3)16-32(29,30)20-13-7-17(2)8-14-20/h7-14H,4-6,15-16H2,1-3H3,(H,24,28). The first-order valence-electron chi connectivity index (χ1n) is 10.5. The van der Waals surface area contributed by atoms with Gasteiger partial charge in [0.2, 0.25) is 5.91 Å². The number of thioether (sulfide) groups is 1. The van der Waals surface area contributed by atoms with Gasteiger partial charge in [-0.3, -0.25) is 4.79 Å². The first-order chi connectivity index (χ1) is 15.3. The van der Waals surface area contributed by atoms with Crippen molar-refractivity contribution in [1.82, 2.24) is 14.8 Å². The molecule has 7 nitrogen and oxygen atoms in total. The highest BCUT2D eigenvalue weighted by molar-refractivity contribution is 7.99. The van der Waals surface area contributed by atoms with E-state index in [1.807, 2.05) is 31.2 Å². The van der Waals surface area contributed by atoms with Crippen LogP contribution in [0, 0.1) is 6.92 Å². The van der Waals surface area contributed by atoms with Crippen molar-refractivity contribution in [2.45, 2.75) is 48.9 Å². The van der Waals surface area contributed by atoms with E-state index in [0.717, 1.165) is 30.5 Å². The van der Waals surface area contributed by atoms with Gasteiger partial charge in [0.25, 0.3) is 0 Å². The summed E-state index contributed by atoms with van der Waals surface area (Å²) in [7, 11) is -1.83. The van der Waals surface area contributed by atoms with Gasteiger partial charge in [-0.15, -0.1) is 10.2 Å². The molecule has 0 radical (unpaired) electrons. The van der Waals surface area contributed by atoms with Crippen molar-refractivity contribution in [2.75, 3.05) is 11.1 Å². The maximum Gasteiger partial charge on any atom is 0.234 e. The van der Waals surface area contributed by atoms with Crippen molar-refractivity contribution in [3.05, 3.63) is 65.5 Å². The summed E-state index contributed by atoms with van der Waals surface area (Å²) in [5.74, 6) is 0.0645. The number of unbranched alkanes of at least 4 members (excludes halogenated alkanes) is 1. The number of rotatable bonds is 10. The lowest BCUT2D eigenvalue weighted by Gasteiger charge is -2.07. The number of carbonyl (C=O) groups excluding carboxylic acids is 1. The van der Waals surface area contributed by atoms with Gasteiger partial charge >= 0.3 is 0 Å². The molecule has 1 heterocycles. The van der Waals surface area contributed by atoms with Gasteiger partial charge in [-0.25, -0.2) is 8.42 Å². The summed E-state index contributed by atoms with van der Waals surface area (Å²) in [5.41, 5.74) is 3.00. The van der Waals surface area contributed by atoms with Crippen molar-refractivity contribution in [3.8, 4) is 0 Å². The zero-order valence-electron chi connectivity index (χ0n) is 18.5. The number of hydrogen-bond donors (Lipinski definition) is 1. The number of carbonyl (C=O) groups is 1. The zero-order chi connectivity index (χ0) is 23.1. The number of nitrogens with one attached hydrogen (secondary N) is 1. The molecule has 0 saturated heterocycles. The monoisotopic (exact) mass is 472 g/mol. The van der Waals surface area contributed by atoms with Crippen LogP contribution < -0.4 is 5.32 Å². The van der Waals surface area contributed by atoms with Crippen molar-refractivity contribution < 1.29 is 13.2 Å². The van der Waals surface area contributed by atoms with E-state index in [1.165, 1.54) is 17.3 Å². The second-order valence-electron chi connectivity index (χ2n) is 7.67. The van der Waals surface area contributed by atoms with E-state index in [1.54, 1.807) is 35.9 Å². The number of aromatic nitrogens is 3. The number of hydrogen-bond acceptors (Lipinski definition) is 6. The fraction of sp³-hybridized carbons (Fsp3) is 0.348. The molecule has 0 bridgehead atoms. The summed E-state index contributed by atoms with van der Waals surface area (Å²) in [5, 5.41) is 11.4. The highest BCUT2D eigenvalue weighted by atomic mass is 32.2. The molecule has 1 amide bonds. The average Bonchev–Trinajstić information content (AvgIpc) is 3.11. The topological polar surface area (TPSA) is 94.0 Å². The minimum Gasteiger partial charge on any atom is -0.325 e. The molecule has 0 aliphatic carbocycles. The largest absolute Gasteiger partial charge is 0.325 e. The molecule has 0 aliphatic heterocycles. The Labute approximate surface area is 193 Å². The summed E-state index contributed by atoms with van der Waals surface area (Å²) in [6.45, 7) is 4.07. The third-order valence-electron chi connectivity index (χ3n) is 5.01. The van der Waals surface area contributed by atoms with Gasteiger partial charge in [0.15, 0.2) is 15.0 Å². The molecule has 0 unspecified atom stereocenters. The second kappa shape index (κ2) is 10.8. The average molecular weight is 473 g/mol. The fourth-order valence-corrected chi connectivity index (χ4v) is 5.10. The Morgan fingerprint density at radius 3 is 2.41 bits per heavy atom. The molecule has 0 saturated carbocycles. The van der Waals surface area contributed by atoms with Crippen LogP contribution >= 0.6 is 11.8 Å². The minimum absolute atomic E-state index is 0.147. The molecule has 2 aromatic carbocycles. The molecule has 0 atom stereocenters. The van der Waals surface area contributed by atoms with Crippen LogP contribution in [0.3, 0.4) is 0 Å². The van der Waals surface area contributed by atoms with Crippen LogP contribution in [0.1, 0.15) is 36.7 Å². The lowest BCUT2D eigenvalue weighted by Crippen LogP contribution is -2.14. The Morgan fingerprint density at radius 1 is 1.06 bits per heavy atom. The van der Waals surface area contributed by atoms with Crippen molar-refractivity contribution >= 4 is 33.2 Å². The third-order valence-corrected chi connectivity index (χ3v) is 7.66. The normalized spacial score (nSPS) is 11.5. The number of anilines is 1. The van der Waals surface area contributed by atoms with Crippen LogP contribution in [0.2, 0.25) is 0 Å². The molecule has 3 rings (SSSR count). The van der Waals surface area contributed by atoms with E-state index >= 15 is 0 Å². The van der Waals surface area contributed by atoms with E-state index in [9.17, 15) is 13.2 Å². The first kappa shape index (κ1) is 24.0. The number of amides is 1. The molecule has 3 aromatic rings. The van der Waals surface area contributed by atoms with Gasteiger partial charge in [0, 0.05) is 12.7 Å². The highest BCUT2D eigenvalue weighted by Gasteiger charge is 2.20. The summed E-state index contributed by atoms with van der Waals surface area (Å²) >= 11 is 1.22. The number of nitrogens with zero attached hydrogens (tertiary/aromatic N) is 3. The van der Waals surface area contributed by atoms with Crippen molar-refractivity contribution in [2.24, 2.45) is 7.05 Å². The summed E-state index contributed by atoms with van der Waals surface area (Å²) < 4.78 is 27.0. The Hall–Kier alpha value is -2.65. The van der Waals surface area contributed by atoms with E-state index in [-0.39, 0.29) is 22.3 Å².